The maximum absolute atomic E-state index is 14.0. The molecule has 2 atom stereocenters. The molecular weight excluding hydrogens is 510 g/mol. The second-order valence-corrected chi connectivity index (χ2v) is 11.9. The molecule has 5 rings (SSSR count). The molecule has 2 unspecified atom stereocenters. The fourth-order valence-electron chi connectivity index (χ4n) is 4.61. The minimum absolute atomic E-state index is 0.116. The van der Waals surface area contributed by atoms with Crippen LogP contribution in [-0.2, 0) is 19.6 Å². The van der Waals surface area contributed by atoms with Gasteiger partial charge in [0.05, 0.1) is 34.4 Å². The van der Waals surface area contributed by atoms with Gasteiger partial charge >= 0.3 is 0 Å². The number of fused-ring (bicyclic) bond motifs is 1. The van der Waals surface area contributed by atoms with Crippen molar-refractivity contribution in [3.05, 3.63) is 47.5 Å². The molecule has 2 aromatic carbocycles. The van der Waals surface area contributed by atoms with Gasteiger partial charge in [0, 0.05) is 13.2 Å². The van der Waals surface area contributed by atoms with Gasteiger partial charge in [0.25, 0.3) is 0 Å². The predicted octanol–water partition coefficient (Wildman–Crippen LogP) is 4.32. The Hall–Kier alpha value is -2.24. The van der Waals surface area contributed by atoms with Crippen LogP contribution in [-0.4, -0.2) is 62.6 Å². The summed E-state index contributed by atoms with van der Waals surface area (Å²) < 4.78 is 40.1. The lowest BCUT2D eigenvalue weighted by atomic mass is 10.2. The van der Waals surface area contributed by atoms with Crippen LogP contribution in [0.1, 0.15) is 25.7 Å². The van der Waals surface area contributed by atoms with E-state index in [-0.39, 0.29) is 23.5 Å². The van der Waals surface area contributed by atoms with E-state index in [9.17, 15) is 13.2 Å². The molecule has 35 heavy (non-hydrogen) atoms. The standard InChI is InChI=1S/C24H26ClN3O5S2/c1-32-16-9-11-18(12-10-16)35(30,31)28-13-3-7-20(28)23(29)27(15-17-5-4-14-33-17)24-26-22-19(25)6-2-8-21(22)34-24/h2,6,8-12,17,20H,3-5,7,13-15H2,1H3. The van der Waals surface area contributed by atoms with E-state index < -0.39 is 16.1 Å². The van der Waals surface area contributed by atoms with Gasteiger partial charge in [0.15, 0.2) is 5.13 Å². The van der Waals surface area contributed by atoms with Crippen LogP contribution in [0.15, 0.2) is 47.4 Å². The number of rotatable bonds is 7. The highest BCUT2D eigenvalue weighted by Gasteiger charge is 2.42. The third kappa shape index (κ3) is 4.77. The zero-order valence-electron chi connectivity index (χ0n) is 19.2. The molecule has 0 aliphatic carbocycles. The Bertz CT molecular complexity index is 1320. The summed E-state index contributed by atoms with van der Waals surface area (Å²) in [4.78, 5) is 20.4. The molecule has 1 aromatic heterocycles. The van der Waals surface area contributed by atoms with Crippen LogP contribution in [0, 0.1) is 0 Å². The number of methoxy groups -OCH3 is 1. The largest absolute Gasteiger partial charge is 0.497 e. The van der Waals surface area contributed by atoms with Crippen molar-refractivity contribution in [2.24, 2.45) is 0 Å². The van der Waals surface area contributed by atoms with Crippen LogP contribution in [0.4, 0.5) is 5.13 Å². The predicted molar refractivity (Wildman–Crippen MR) is 136 cm³/mol. The summed E-state index contributed by atoms with van der Waals surface area (Å²) in [6, 6.07) is 10.9. The monoisotopic (exact) mass is 535 g/mol. The highest BCUT2D eigenvalue weighted by atomic mass is 35.5. The number of carbonyl (C=O) groups excluding carboxylic acids is 1. The molecule has 0 radical (unpaired) electrons. The Morgan fingerprint density at radius 2 is 2.03 bits per heavy atom. The van der Waals surface area contributed by atoms with E-state index in [1.54, 1.807) is 23.1 Å². The summed E-state index contributed by atoms with van der Waals surface area (Å²) in [5, 5.41) is 1.02. The molecule has 1 amide bonds. The van der Waals surface area contributed by atoms with E-state index in [4.69, 9.17) is 21.1 Å². The maximum atomic E-state index is 14.0. The van der Waals surface area contributed by atoms with Crippen molar-refractivity contribution < 1.29 is 22.7 Å². The molecule has 3 heterocycles. The molecule has 2 saturated heterocycles. The van der Waals surface area contributed by atoms with Crippen LogP contribution in [0.3, 0.4) is 0 Å². The number of halogens is 1. The second kappa shape index (κ2) is 10.0. The van der Waals surface area contributed by atoms with Crippen molar-refractivity contribution >= 4 is 54.2 Å². The third-order valence-corrected chi connectivity index (χ3v) is 9.69. The van der Waals surface area contributed by atoms with Gasteiger partial charge in [-0.15, -0.1) is 0 Å². The minimum Gasteiger partial charge on any atom is -0.497 e. The summed E-state index contributed by atoms with van der Waals surface area (Å²) in [5.74, 6) is 0.278. The van der Waals surface area contributed by atoms with E-state index in [0.29, 0.717) is 47.4 Å². The molecule has 186 valence electrons. The number of benzene rings is 2. The Morgan fingerprint density at radius 1 is 1.23 bits per heavy atom. The van der Waals surface area contributed by atoms with Gasteiger partial charge < -0.3 is 9.47 Å². The number of hydrogen-bond donors (Lipinski definition) is 0. The van der Waals surface area contributed by atoms with Gasteiger partial charge in [-0.1, -0.05) is 29.0 Å². The summed E-state index contributed by atoms with van der Waals surface area (Å²) in [5.41, 5.74) is 0.633. The Morgan fingerprint density at radius 3 is 2.71 bits per heavy atom. The lowest BCUT2D eigenvalue weighted by Crippen LogP contribution is -2.49. The van der Waals surface area contributed by atoms with Crippen LogP contribution in [0.5, 0.6) is 5.75 Å². The molecule has 0 saturated carbocycles. The lowest BCUT2D eigenvalue weighted by molar-refractivity contribution is -0.122. The number of amides is 1. The van der Waals surface area contributed by atoms with Crippen LogP contribution >= 0.6 is 22.9 Å². The smallest absolute Gasteiger partial charge is 0.247 e. The van der Waals surface area contributed by atoms with Crippen molar-refractivity contribution in [3.63, 3.8) is 0 Å². The van der Waals surface area contributed by atoms with Crippen molar-refractivity contribution in [3.8, 4) is 5.75 Å². The third-order valence-electron chi connectivity index (χ3n) is 6.42. The Kier molecular flexibility index (Phi) is 7.00. The van der Waals surface area contributed by atoms with E-state index in [0.717, 1.165) is 17.5 Å². The van der Waals surface area contributed by atoms with Crippen LogP contribution in [0.2, 0.25) is 5.02 Å². The normalized spacial score (nSPS) is 21.0. The molecule has 0 spiro atoms. The molecule has 0 bridgehead atoms. The first kappa shape index (κ1) is 24.5. The molecule has 2 aliphatic rings. The highest BCUT2D eigenvalue weighted by molar-refractivity contribution is 7.89. The van der Waals surface area contributed by atoms with Crippen molar-refractivity contribution in [1.82, 2.24) is 9.29 Å². The lowest BCUT2D eigenvalue weighted by Gasteiger charge is -2.29. The molecule has 11 heteroatoms. The number of carbonyl (C=O) groups is 1. The van der Waals surface area contributed by atoms with Crippen molar-refractivity contribution in [2.75, 3.05) is 31.7 Å². The average Bonchev–Trinajstić information content (AvgIpc) is 3.63. The van der Waals surface area contributed by atoms with Crippen molar-refractivity contribution in [2.45, 2.75) is 42.7 Å². The zero-order chi connectivity index (χ0) is 24.6. The summed E-state index contributed by atoms with van der Waals surface area (Å²) in [6.07, 6.45) is 2.70. The number of sulfonamides is 1. The molecular formula is C24H26ClN3O5S2. The number of aromatic nitrogens is 1. The maximum Gasteiger partial charge on any atom is 0.247 e. The number of anilines is 1. The first-order valence-electron chi connectivity index (χ1n) is 11.5. The van der Waals surface area contributed by atoms with E-state index in [1.807, 2.05) is 12.1 Å². The topological polar surface area (TPSA) is 89.0 Å². The van der Waals surface area contributed by atoms with Crippen molar-refractivity contribution in [1.29, 1.82) is 0 Å². The van der Waals surface area contributed by atoms with Gasteiger partial charge in [0.2, 0.25) is 15.9 Å². The van der Waals surface area contributed by atoms with Gasteiger partial charge in [-0.2, -0.15) is 4.31 Å². The van der Waals surface area contributed by atoms with Gasteiger partial charge in [-0.05, 0) is 62.1 Å². The summed E-state index contributed by atoms with van der Waals surface area (Å²) >= 11 is 7.72. The Labute approximate surface area is 213 Å². The average molecular weight is 536 g/mol. The van der Waals surface area contributed by atoms with E-state index >= 15 is 0 Å². The molecule has 3 aromatic rings. The molecule has 8 nitrogen and oxygen atoms in total. The van der Waals surface area contributed by atoms with Gasteiger partial charge in [0.1, 0.15) is 17.3 Å². The fraction of sp³-hybridized carbons (Fsp3) is 0.417. The van der Waals surface area contributed by atoms with Gasteiger partial charge in [-0.25, -0.2) is 13.4 Å². The van der Waals surface area contributed by atoms with E-state index in [1.165, 1.54) is 34.9 Å². The fourth-order valence-corrected chi connectivity index (χ4v) is 7.54. The number of para-hydroxylation sites is 1. The highest BCUT2D eigenvalue weighted by Crippen LogP contribution is 2.35. The molecule has 0 N–H and O–H groups in total. The first-order valence-corrected chi connectivity index (χ1v) is 14.2. The first-order chi connectivity index (χ1) is 16.9. The van der Waals surface area contributed by atoms with Crippen LogP contribution in [0.25, 0.3) is 10.2 Å². The zero-order valence-corrected chi connectivity index (χ0v) is 21.6. The number of nitrogens with zero attached hydrogens (tertiary/aromatic N) is 3. The second-order valence-electron chi connectivity index (χ2n) is 8.62. The van der Waals surface area contributed by atoms with Crippen LogP contribution < -0.4 is 9.64 Å². The minimum atomic E-state index is -3.87. The summed E-state index contributed by atoms with van der Waals surface area (Å²) in [7, 11) is -2.35. The van der Waals surface area contributed by atoms with E-state index in [2.05, 4.69) is 4.98 Å². The van der Waals surface area contributed by atoms with Gasteiger partial charge in [-0.3, -0.25) is 9.69 Å². The summed E-state index contributed by atoms with van der Waals surface area (Å²) in [6.45, 7) is 1.26. The molecule has 2 fully saturated rings. The number of hydrogen-bond acceptors (Lipinski definition) is 7. The Balaban J connectivity index is 1.48. The molecule has 2 aliphatic heterocycles. The number of thiazole rings is 1. The SMILES string of the molecule is COc1ccc(S(=O)(=O)N2CCCC2C(=O)N(CC2CCCO2)c2nc3c(Cl)cccc3s2)cc1. The quantitative estimate of drug-likeness (QED) is 0.447. The number of ether oxygens (including phenoxy) is 2.